The van der Waals surface area contributed by atoms with Crippen LogP contribution < -0.4 is 5.32 Å². The Labute approximate surface area is 111 Å². The first-order valence-corrected chi connectivity index (χ1v) is 5.70. The second-order valence-electron chi connectivity index (χ2n) is 3.82. The van der Waals surface area contributed by atoms with Crippen molar-refractivity contribution >= 4 is 11.9 Å². The molecule has 0 saturated heterocycles. The molecule has 0 spiro atoms. The zero-order valence-corrected chi connectivity index (χ0v) is 10.9. The number of aliphatic hydroxyl groups is 1. The van der Waals surface area contributed by atoms with Crippen LogP contribution in [0.1, 0.15) is 15.9 Å². The number of benzene rings is 1. The zero-order valence-electron chi connectivity index (χ0n) is 10.9. The van der Waals surface area contributed by atoms with E-state index >= 15 is 0 Å². The average molecular weight is 267 g/mol. The van der Waals surface area contributed by atoms with Crippen LogP contribution in [0.15, 0.2) is 24.3 Å². The first-order valence-electron chi connectivity index (χ1n) is 5.70. The Balaban J connectivity index is 2.85. The molecule has 0 bridgehead atoms. The smallest absolute Gasteiger partial charge is 0.330 e. The standard InChI is InChI=1S/C13H17NO5/c1-18-8-9-5-3-4-6-10(9)12(16)14-11(7-15)13(17)19-2/h3-6,11,15H,7-8H2,1-2H3,(H,14,16). The van der Waals surface area contributed by atoms with Crippen molar-refractivity contribution in [3.63, 3.8) is 0 Å². The van der Waals surface area contributed by atoms with Gasteiger partial charge in [0.25, 0.3) is 5.91 Å². The van der Waals surface area contributed by atoms with Crippen LogP contribution in [0.4, 0.5) is 0 Å². The SMILES string of the molecule is COCc1ccccc1C(=O)NC(CO)C(=O)OC. The number of hydrogen-bond donors (Lipinski definition) is 2. The van der Waals surface area contributed by atoms with Gasteiger partial charge in [0.2, 0.25) is 0 Å². The summed E-state index contributed by atoms with van der Waals surface area (Å²) in [5.41, 5.74) is 1.09. The number of nitrogens with one attached hydrogen (secondary N) is 1. The van der Waals surface area contributed by atoms with E-state index in [2.05, 4.69) is 10.1 Å². The first kappa shape index (κ1) is 15.1. The molecule has 0 aromatic heterocycles. The van der Waals surface area contributed by atoms with Crippen LogP contribution in [0.2, 0.25) is 0 Å². The molecular weight excluding hydrogens is 250 g/mol. The Hall–Kier alpha value is -1.92. The number of ether oxygens (including phenoxy) is 2. The molecule has 104 valence electrons. The minimum absolute atomic E-state index is 0.283. The van der Waals surface area contributed by atoms with Crippen LogP contribution in [-0.4, -0.2) is 43.9 Å². The van der Waals surface area contributed by atoms with Gasteiger partial charge in [-0.2, -0.15) is 0 Å². The average Bonchev–Trinajstić information content (AvgIpc) is 2.44. The number of methoxy groups -OCH3 is 2. The van der Waals surface area contributed by atoms with Crippen LogP contribution >= 0.6 is 0 Å². The maximum atomic E-state index is 12.0. The summed E-state index contributed by atoms with van der Waals surface area (Å²) in [6.45, 7) is -0.240. The van der Waals surface area contributed by atoms with Gasteiger partial charge in [0, 0.05) is 12.7 Å². The molecule has 2 N–H and O–H groups in total. The highest BCUT2D eigenvalue weighted by Crippen LogP contribution is 2.10. The highest BCUT2D eigenvalue weighted by molar-refractivity contribution is 5.98. The van der Waals surface area contributed by atoms with Crippen molar-refractivity contribution in [2.75, 3.05) is 20.8 Å². The Morgan fingerprint density at radius 3 is 2.58 bits per heavy atom. The Bertz CT molecular complexity index is 446. The molecule has 6 heteroatoms. The molecule has 1 atom stereocenters. The second kappa shape index (κ2) is 7.50. The third-order valence-electron chi connectivity index (χ3n) is 2.54. The lowest BCUT2D eigenvalue weighted by Gasteiger charge is -2.15. The molecule has 0 heterocycles. The number of carbonyl (C=O) groups excluding carboxylic acids is 2. The Morgan fingerprint density at radius 1 is 1.32 bits per heavy atom. The minimum Gasteiger partial charge on any atom is -0.467 e. The normalized spacial score (nSPS) is 11.7. The molecule has 0 aliphatic rings. The van der Waals surface area contributed by atoms with Crippen molar-refractivity contribution in [3.8, 4) is 0 Å². The van der Waals surface area contributed by atoms with Crippen LogP contribution in [0.5, 0.6) is 0 Å². The largest absolute Gasteiger partial charge is 0.467 e. The summed E-state index contributed by atoms with van der Waals surface area (Å²) in [5, 5.41) is 11.5. The van der Waals surface area contributed by atoms with Gasteiger partial charge < -0.3 is 19.9 Å². The van der Waals surface area contributed by atoms with Crippen LogP contribution in [-0.2, 0) is 20.9 Å². The van der Waals surface area contributed by atoms with E-state index in [1.54, 1.807) is 24.3 Å². The van der Waals surface area contributed by atoms with Crippen molar-refractivity contribution in [2.24, 2.45) is 0 Å². The zero-order chi connectivity index (χ0) is 14.3. The number of esters is 1. The van der Waals surface area contributed by atoms with Crippen molar-refractivity contribution in [1.29, 1.82) is 0 Å². The van der Waals surface area contributed by atoms with E-state index < -0.39 is 24.5 Å². The molecule has 6 nitrogen and oxygen atoms in total. The summed E-state index contributed by atoms with van der Waals surface area (Å²) in [7, 11) is 2.72. The summed E-state index contributed by atoms with van der Waals surface area (Å²) in [6.07, 6.45) is 0. The van der Waals surface area contributed by atoms with Gasteiger partial charge in [-0.3, -0.25) is 4.79 Å². The molecule has 19 heavy (non-hydrogen) atoms. The highest BCUT2D eigenvalue weighted by atomic mass is 16.5. The molecule has 1 unspecified atom stereocenters. The van der Waals surface area contributed by atoms with E-state index in [4.69, 9.17) is 9.84 Å². The maximum Gasteiger partial charge on any atom is 0.330 e. The second-order valence-corrected chi connectivity index (χ2v) is 3.82. The fraction of sp³-hybridized carbons (Fsp3) is 0.385. The molecular formula is C13H17NO5. The van der Waals surface area contributed by atoms with E-state index in [0.29, 0.717) is 11.1 Å². The molecule has 1 amide bonds. The van der Waals surface area contributed by atoms with E-state index in [9.17, 15) is 9.59 Å². The van der Waals surface area contributed by atoms with Crippen molar-refractivity contribution < 1.29 is 24.2 Å². The van der Waals surface area contributed by atoms with Crippen molar-refractivity contribution in [1.82, 2.24) is 5.32 Å². The number of aliphatic hydroxyl groups excluding tert-OH is 1. The monoisotopic (exact) mass is 267 g/mol. The van der Waals surface area contributed by atoms with Gasteiger partial charge in [0.15, 0.2) is 6.04 Å². The Morgan fingerprint density at radius 2 is 2.00 bits per heavy atom. The number of carbonyl (C=O) groups is 2. The van der Waals surface area contributed by atoms with Gasteiger partial charge in [-0.1, -0.05) is 18.2 Å². The molecule has 1 aromatic rings. The summed E-state index contributed by atoms with van der Waals surface area (Å²) in [4.78, 5) is 23.3. The van der Waals surface area contributed by atoms with E-state index in [1.165, 1.54) is 14.2 Å². The van der Waals surface area contributed by atoms with Gasteiger partial charge >= 0.3 is 5.97 Å². The van der Waals surface area contributed by atoms with Gasteiger partial charge in [-0.05, 0) is 11.6 Å². The van der Waals surface area contributed by atoms with E-state index in [0.717, 1.165) is 0 Å². The quantitative estimate of drug-likeness (QED) is 0.714. The third kappa shape index (κ3) is 4.04. The summed E-state index contributed by atoms with van der Waals surface area (Å²) in [6, 6.07) is 5.79. The first-order chi connectivity index (χ1) is 9.13. The van der Waals surface area contributed by atoms with Crippen LogP contribution in [0.25, 0.3) is 0 Å². The lowest BCUT2D eigenvalue weighted by Crippen LogP contribution is -2.44. The van der Waals surface area contributed by atoms with Gasteiger partial charge in [-0.15, -0.1) is 0 Å². The van der Waals surface area contributed by atoms with Gasteiger partial charge in [0.1, 0.15) is 0 Å². The summed E-state index contributed by atoms with van der Waals surface area (Å²) < 4.78 is 9.48. The fourth-order valence-electron chi connectivity index (χ4n) is 1.58. The predicted octanol–water partition coefficient (Wildman–Crippen LogP) is 0.0967. The van der Waals surface area contributed by atoms with Crippen LogP contribution in [0, 0.1) is 0 Å². The van der Waals surface area contributed by atoms with Crippen molar-refractivity contribution in [2.45, 2.75) is 12.6 Å². The minimum atomic E-state index is -1.08. The third-order valence-corrected chi connectivity index (χ3v) is 2.54. The topological polar surface area (TPSA) is 84.9 Å². The molecule has 1 rings (SSSR count). The van der Waals surface area contributed by atoms with Crippen molar-refractivity contribution in [3.05, 3.63) is 35.4 Å². The molecule has 0 aliphatic heterocycles. The fourth-order valence-corrected chi connectivity index (χ4v) is 1.58. The highest BCUT2D eigenvalue weighted by Gasteiger charge is 2.22. The lowest BCUT2D eigenvalue weighted by atomic mass is 10.1. The number of rotatable bonds is 6. The molecule has 0 radical (unpaired) electrons. The summed E-state index contributed by atoms with van der Waals surface area (Å²) >= 11 is 0. The van der Waals surface area contributed by atoms with Crippen LogP contribution in [0.3, 0.4) is 0 Å². The lowest BCUT2D eigenvalue weighted by molar-refractivity contribution is -0.143. The molecule has 0 saturated carbocycles. The molecule has 0 aliphatic carbocycles. The Kier molecular flexibility index (Phi) is 5.98. The molecule has 0 fully saturated rings. The predicted molar refractivity (Wildman–Crippen MR) is 67.5 cm³/mol. The van der Waals surface area contributed by atoms with Gasteiger partial charge in [0.05, 0.1) is 20.3 Å². The van der Waals surface area contributed by atoms with E-state index in [-0.39, 0.29) is 6.61 Å². The van der Waals surface area contributed by atoms with Gasteiger partial charge in [-0.25, -0.2) is 4.79 Å². The maximum absolute atomic E-state index is 12.0. The number of hydrogen-bond acceptors (Lipinski definition) is 5. The number of amides is 1. The van der Waals surface area contributed by atoms with E-state index in [1.807, 2.05) is 0 Å². The molecule has 1 aromatic carbocycles. The summed E-state index contributed by atoms with van der Waals surface area (Å²) in [5.74, 6) is -1.16.